The highest BCUT2D eigenvalue weighted by molar-refractivity contribution is 6.55. The minimum Gasteiger partial charge on any atom is -0.400 e. The molecule has 0 atom stereocenters. The Bertz CT molecular complexity index is 689. The third-order valence-corrected chi connectivity index (χ3v) is 4.70. The zero-order valence-corrected chi connectivity index (χ0v) is 15.1. The van der Waals surface area contributed by atoms with Crippen LogP contribution in [-0.4, -0.2) is 30.0 Å². The molecule has 3 nitrogen and oxygen atoms in total. The molecule has 10 heteroatoms. The van der Waals surface area contributed by atoms with Crippen LogP contribution in [0.5, 0.6) is 0 Å². The van der Waals surface area contributed by atoms with Crippen molar-refractivity contribution in [2.24, 2.45) is 0 Å². The highest BCUT2D eigenvalue weighted by atomic mass is 19.4. The Hall–Kier alpha value is -1.52. The lowest BCUT2D eigenvalue weighted by Gasteiger charge is -2.32. The van der Waals surface area contributed by atoms with E-state index in [0.717, 1.165) is 6.08 Å². The summed E-state index contributed by atoms with van der Waals surface area (Å²) in [7, 11) is -1.09. The van der Waals surface area contributed by atoms with Gasteiger partial charge in [-0.15, -0.1) is 0 Å². The Balaban J connectivity index is 2.50. The van der Waals surface area contributed by atoms with Crippen LogP contribution in [-0.2, 0) is 21.7 Å². The quantitative estimate of drug-likeness (QED) is 0.593. The summed E-state index contributed by atoms with van der Waals surface area (Å²) in [5.41, 5.74) is -4.78. The number of hydrogen-bond acceptors (Lipinski definition) is 3. The third-order valence-electron chi connectivity index (χ3n) is 4.70. The maximum Gasteiger partial charge on any atom is 0.492 e. The first-order valence-electron chi connectivity index (χ1n) is 8.03. The van der Waals surface area contributed by atoms with Gasteiger partial charge in [0.1, 0.15) is 0 Å². The molecule has 1 aliphatic heterocycles. The Labute approximate surface area is 153 Å². The first-order valence-corrected chi connectivity index (χ1v) is 8.03. The maximum absolute atomic E-state index is 13.0. The fraction of sp³-hybridized carbons (Fsp3) is 0.529. The lowest BCUT2D eigenvalue weighted by atomic mass is 9.77. The highest BCUT2D eigenvalue weighted by Crippen LogP contribution is 2.40. The summed E-state index contributed by atoms with van der Waals surface area (Å²) in [6.07, 6.45) is -8.88. The van der Waals surface area contributed by atoms with Gasteiger partial charge in [0.2, 0.25) is 0 Å². The van der Waals surface area contributed by atoms with Crippen molar-refractivity contribution in [2.75, 3.05) is 6.61 Å². The molecule has 0 saturated carbocycles. The van der Waals surface area contributed by atoms with Gasteiger partial charge in [0, 0.05) is 0 Å². The normalized spacial score (nSPS) is 20.3. The average molecular weight is 396 g/mol. The SMILES string of the molecule is CC1(C)OB(C(=Cc2cc(C(F)(F)F)cc(C(F)(F)F)c2)CO)OC1(C)C. The van der Waals surface area contributed by atoms with Gasteiger partial charge in [0.25, 0.3) is 0 Å². The minimum absolute atomic E-state index is 0.0149. The maximum atomic E-state index is 13.0. The van der Waals surface area contributed by atoms with Gasteiger partial charge >= 0.3 is 19.5 Å². The minimum atomic E-state index is -4.95. The second kappa shape index (κ2) is 6.82. The first-order chi connectivity index (χ1) is 12.1. The first kappa shape index (κ1) is 21.8. The zero-order chi connectivity index (χ0) is 20.8. The predicted octanol–water partition coefficient (Wildman–Crippen LogP) is 4.73. The highest BCUT2D eigenvalue weighted by Gasteiger charge is 2.52. The monoisotopic (exact) mass is 396 g/mol. The van der Waals surface area contributed by atoms with Gasteiger partial charge in [-0.3, -0.25) is 0 Å². The van der Waals surface area contributed by atoms with Crippen LogP contribution in [0.15, 0.2) is 23.7 Å². The summed E-state index contributed by atoms with van der Waals surface area (Å²) in [6.45, 7) is 6.26. The number of aliphatic hydroxyl groups is 1. The molecule has 0 aliphatic carbocycles. The lowest BCUT2D eigenvalue weighted by Crippen LogP contribution is -2.41. The Morgan fingerprint density at radius 1 is 0.926 bits per heavy atom. The smallest absolute Gasteiger partial charge is 0.400 e. The largest absolute Gasteiger partial charge is 0.492 e. The number of halogens is 6. The van der Waals surface area contributed by atoms with E-state index in [4.69, 9.17) is 9.31 Å². The second-order valence-electron chi connectivity index (χ2n) is 7.30. The zero-order valence-electron chi connectivity index (χ0n) is 15.1. The Morgan fingerprint density at radius 2 is 1.33 bits per heavy atom. The van der Waals surface area contributed by atoms with E-state index >= 15 is 0 Å². The average Bonchev–Trinajstić information content (AvgIpc) is 2.70. The van der Waals surface area contributed by atoms with Gasteiger partial charge in [-0.2, -0.15) is 26.3 Å². The molecule has 0 bridgehead atoms. The predicted molar refractivity (Wildman–Crippen MR) is 87.6 cm³/mol. The fourth-order valence-electron chi connectivity index (χ4n) is 2.46. The van der Waals surface area contributed by atoms with Crippen LogP contribution in [0.4, 0.5) is 26.3 Å². The molecule has 150 valence electrons. The molecular weight excluding hydrogens is 377 g/mol. The van der Waals surface area contributed by atoms with E-state index in [-0.39, 0.29) is 17.1 Å². The second-order valence-corrected chi connectivity index (χ2v) is 7.30. The molecule has 1 heterocycles. The number of aliphatic hydroxyl groups excluding tert-OH is 1. The molecule has 0 unspecified atom stereocenters. The molecule has 2 rings (SSSR count). The van der Waals surface area contributed by atoms with Gasteiger partial charge in [-0.25, -0.2) is 0 Å². The van der Waals surface area contributed by atoms with E-state index < -0.39 is 48.4 Å². The van der Waals surface area contributed by atoms with Gasteiger partial charge in [0.05, 0.1) is 28.9 Å². The lowest BCUT2D eigenvalue weighted by molar-refractivity contribution is -0.143. The van der Waals surface area contributed by atoms with Crippen molar-refractivity contribution in [1.29, 1.82) is 0 Å². The molecule has 1 saturated heterocycles. The molecule has 1 aromatic carbocycles. The number of benzene rings is 1. The Kier molecular flexibility index (Phi) is 5.51. The number of alkyl halides is 6. The van der Waals surface area contributed by atoms with Crippen LogP contribution in [0.25, 0.3) is 6.08 Å². The van der Waals surface area contributed by atoms with Crippen molar-refractivity contribution in [3.8, 4) is 0 Å². The van der Waals surface area contributed by atoms with E-state index in [9.17, 15) is 31.4 Å². The summed E-state index contributed by atoms with van der Waals surface area (Å²) >= 11 is 0. The van der Waals surface area contributed by atoms with Gasteiger partial charge in [-0.1, -0.05) is 6.08 Å². The molecule has 0 amide bonds. The molecule has 1 aromatic rings. The molecule has 1 N–H and O–H groups in total. The van der Waals surface area contributed by atoms with E-state index in [1.807, 2.05) is 0 Å². The molecule has 27 heavy (non-hydrogen) atoms. The summed E-state index contributed by atoms with van der Waals surface area (Å²) in [4.78, 5) is 0. The van der Waals surface area contributed by atoms with Crippen molar-refractivity contribution < 1.29 is 40.8 Å². The van der Waals surface area contributed by atoms with Gasteiger partial charge in [-0.05, 0) is 56.9 Å². The van der Waals surface area contributed by atoms with Crippen LogP contribution < -0.4 is 0 Å². The van der Waals surface area contributed by atoms with Crippen LogP contribution in [0.2, 0.25) is 0 Å². The molecule has 0 aromatic heterocycles. The van der Waals surface area contributed by atoms with Crippen molar-refractivity contribution >= 4 is 13.2 Å². The van der Waals surface area contributed by atoms with Crippen molar-refractivity contribution in [3.05, 3.63) is 40.4 Å². The van der Waals surface area contributed by atoms with Crippen molar-refractivity contribution in [2.45, 2.75) is 51.2 Å². The summed E-state index contributed by atoms with van der Waals surface area (Å²) in [5.74, 6) is 0. The summed E-state index contributed by atoms with van der Waals surface area (Å²) in [5, 5.41) is 9.57. The van der Waals surface area contributed by atoms with E-state index in [2.05, 4.69) is 0 Å². The molecular formula is C17H19BF6O3. The number of hydrogen-bond donors (Lipinski definition) is 1. The van der Waals surface area contributed by atoms with E-state index in [1.165, 1.54) is 0 Å². The van der Waals surface area contributed by atoms with Crippen LogP contribution in [0.3, 0.4) is 0 Å². The van der Waals surface area contributed by atoms with Crippen molar-refractivity contribution in [1.82, 2.24) is 0 Å². The van der Waals surface area contributed by atoms with Crippen LogP contribution >= 0.6 is 0 Å². The Morgan fingerprint density at radius 3 is 1.67 bits per heavy atom. The van der Waals surface area contributed by atoms with Gasteiger partial charge in [0.15, 0.2) is 0 Å². The molecule has 1 aliphatic rings. The molecule has 1 fully saturated rings. The molecule has 0 spiro atoms. The van der Waals surface area contributed by atoms with Crippen molar-refractivity contribution in [3.63, 3.8) is 0 Å². The van der Waals surface area contributed by atoms with Gasteiger partial charge < -0.3 is 14.4 Å². The van der Waals surface area contributed by atoms with E-state index in [0.29, 0.717) is 12.1 Å². The van der Waals surface area contributed by atoms with E-state index in [1.54, 1.807) is 27.7 Å². The van der Waals surface area contributed by atoms with Crippen LogP contribution in [0, 0.1) is 0 Å². The standard InChI is InChI=1S/C17H19BF6O3/c1-14(2)15(3,4)27-18(26-14)13(9-25)7-10-5-11(16(19,20)21)8-12(6-10)17(22,23)24/h5-8,25H,9H2,1-4H3. The molecule has 0 radical (unpaired) electrons. The summed E-state index contributed by atoms with van der Waals surface area (Å²) in [6, 6.07) is 1.21. The number of rotatable bonds is 3. The summed E-state index contributed by atoms with van der Waals surface area (Å²) < 4.78 is 89.2. The van der Waals surface area contributed by atoms with Crippen LogP contribution in [0.1, 0.15) is 44.4 Å². The third kappa shape index (κ3) is 4.67. The fourth-order valence-corrected chi connectivity index (χ4v) is 2.46. The topological polar surface area (TPSA) is 38.7 Å².